The molecule has 6 heteroatoms. The second-order valence-electron chi connectivity index (χ2n) is 3.87. The Balaban J connectivity index is 2.24. The van der Waals surface area contributed by atoms with E-state index in [0.717, 1.165) is 5.56 Å². The molecule has 4 nitrogen and oxygen atoms in total. The third-order valence-electron chi connectivity index (χ3n) is 2.23. The van der Waals surface area contributed by atoms with Gasteiger partial charge in [-0.2, -0.15) is 0 Å². The Bertz CT molecular complexity index is 411. The monoisotopic (exact) mass is 290 g/mol. The minimum absolute atomic E-state index is 0.192. The standard InChI is InChI=1S/C12H16Cl2N2O2/c1-8(15)12(17)16-4-5-18-7-9-2-3-10(13)6-11(9)14/h2-3,6,8H,4-5,7,15H2,1H3,(H,16,17). The van der Waals surface area contributed by atoms with Gasteiger partial charge in [-0.1, -0.05) is 29.3 Å². The van der Waals surface area contributed by atoms with Crippen LogP contribution in [0.3, 0.4) is 0 Å². The maximum absolute atomic E-state index is 11.1. The second kappa shape index (κ2) is 7.59. The Morgan fingerprint density at radius 2 is 2.22 bits per heavy atom. The molecule has 0 radical (unpaired) electrons. The molecule has 0 bridgehead atoms. The molecule has 0 saturated carbocycles. The highest BCUT2D eigenvalue weighted by Gasteiger charge is 2.05. The van der Waals surface area contributed by atoms with E-state index in [4.69, 9.17) is 33.7 Å². The van der Waals surface area contributed by atoms with Crippen molar-refractivity contribution < 1.29 is 9.53 Å². The molecule has 1 amide bonds. The SMILES string of the molecule is CC(N)C(=O)NCCOCc1ccc(Cl)cc1Cl. The van der Waals surface area contributed by atoms with E-state index in [9.17, 15) is 4.79 Å². The molecule has 1 rings (SSSR count). The summed E-state index contributed by atoms with van der Waals surface area (Å²) in [5, 5.41) is 3.81. The molecule has 0 aliphatic heterocycles. The first-order valence-corrected chi connectivity index (χ1v) is 6.31. The molecule has 0 saturated heterocycles. The van der Waals surface area contributed by atoms with Crippen LogP contribution in [-0.2, 0) is 16.1 Å². The number of nitrogens with one attached hydrogen (secondary N) is 1. The molecule has 0 spiro atoms. The van der Waals surface area contributed by atoms with Gasteiger partial charge in [-0.25, -0.2) is 0 Å². The zero-order chi connectivity index (χ0) is 13.5. The molecular weight excluding hydrogens is 275 g/mol. The van der Waals surface area contributed by atoms with Crippen LogP contribution in [0.5, 0.6) is 0 Å². The molecule has 100 valence electrons. The highest BCUT2D eigenvalue weighted by Crippen LogP contribution is 2.21. The summed E-state index contributed by atoms with van der Waals surface area (Å²) in [5.74, 6) is -0.192. The molecule has 3 N–H and O–H groups in total. The summed E-state index contributed by atoms with van der Waals surface area (Å²) >= 11 is 11.8. The van der Waals surface area contributed by atoms with E-state index in [1.807, 2.05) is 6.07 Å². The van der Waals surface area contributed by atoms with Crippen LogP contribution in [0, 0.1) is 0 Å². The number of amides is 1. The van der Waals surface area contributed by atoms with Crippen molar-refractivity contribution in [2.24, 2.45) is 5.73 Å². The topological polar surface area (TPSA) is 64.4 Å². The summed E-state index contributed by atoms with van der Waals surface area (Å²) in [6.45, 7) is 2.83. The van der Waals surface area contributed by atoms with Gasteiger partial charge in [0.2, 0.25) is 5.91 Å². The van der Waals surface area contributed by atoms with Gasteiger partial charge in [0.15, 0.2) is 0 Å². The van der Waals surface area contributed by atoms with Gasteiger partial charge >= 0.3 is 0 Å². The molecule has 1 aromatic carbocycles. The lowest BCUT2D eigenvalue weighted by molar-refractivity contribution is -0.122. The van der Waals surface area contributed by atoms with Crippen LogP contribution in [0.15, 0.2) is 18.2 Å². The Morgan fingerprint density at radius 1 is 1.50 bits per heavy atom. The van der Waals surface area contributed by atoms with Crippen molar-refractivity contribution in [3.05, 3.63) is 33.8 Å². The summed E-state index contributed by atoms with van der Waals surface area (Å²) in [5.41, 5.74) is 6.25. The van der Waals surface area contributed by atoms with Crippen molar-refractivity contribution in [2.45, 2.75) is 19.6 Å². The maximum Gasteiger partial charge on any atom is 0.236 e. The van der Waals surface area contributed by atoms with Crippen molar-refractivity contribution in [3.8, 4) is 0 Å². The number of hydrogen-bond donors (Lipinski definition) is 2. The summed E-state index contributed by atoms with van der Waals surface area (Å²) in [7, 11) is 0. The molecule has 18 heavy (non-hydrogen) atoms. The van der Waals surface area contributed by atoms with E-state index in [1.54, 1.807) is 19.1 Å². The Morgan fingerprint density at radius 3 is 2.83 bits per heavy atom. The van der Waals surface area contributed by atoms with Gasteiger partial charge in [-0.15, -0.1) is 0 Å². The van der Waals surface area contributed by atoms with Crippen LogP contribution in [0.25, 0.3) is 0 Å². The van der Waals surface area contributed by atoms with Crippen LogP contribution < -0.4 is 11.1 Å². The highest BCUT2D eigenvalue weighted by molar-refractivity contribution is 6.35. The van der Waals surface area contributed by atoms with Crippen molar-refractivity contribution in [1.29, 1.82) is 0 Å². The molecular formula is C12H16Cl2N2O2. The Kier molecular flexibility index (Phi) is 6.43. The second-order valence-corrected chi connectivity index (χ2v) is 4.71. The summed E-state index contributed by atoms with van der Waals surface area (Å²) in [4.78, 5) is 11.1. The van der Waals surface area contributed by atoms with Crippen LogP contribution >= 0.6 is 23.2 Å². The number of rotatable bonds is 6. The van der Waals surface area contributed by atoms with Crippen LogP contribution in [0.1, 0.15) is 12.5 Å². The third kappa shape index (κ3) is 5.23. The fourth-order valence-electron chi connectivity index (χ4n) is 1.23. The van der Waals surface area contributed by atoms with Gasteiger partial charge in [-0.05, 0) is 24.6 Å². The quantitative estimate of drug-likeness (QED) is 0.788. The van der Waals surface area contributed by atoms with Crippen molar-refractivity contribution in [3.63, 3.8) is 0 Å². The molecule has 1 aromatic rings. The normalized spacial score (nSPS) is 12.2. The van der Waals surface area contributed by atoms with Crippen molar-refractivity contribution >= 4 is 29.1 Å². The molecule has 0 fully saturated rings. The fourth-order valence-corrected chi connectivity index (χ4v) is 1.69. The summed E-state index contributed by atoms with van der Waals surface area (Å²) < 4.78 is 5.39. The number of ether oxygens (including phenoxy) is 1. The first kappa shape index (κ1) is 15.2. The van der Waals surface area contributed by atoms with Gasteiger partial charge in [0.1, 0.15) is 0 Å². The number of carbonyl (C=O) groups excluding carboxylic acids is 1. The van der Waals surface area contributed by atoms with Crippen molar-refractivity contribution in [1.82, 2.24) is 5.32 Å². The smallest absolute Gasteiger partial charge is 0.236 e. The molecule has 1 atom stereocenters. The van der Waals surface area contributed by atoms with E-state index in [0.29, 0.717) is 29.8 Å². The summed E-state index contributed by atoms with van der Waals surface area (Å²) in [6, 6.07) is 4.73. The minimum atomic E-state index is -0.504. The van der Waals surface area contributed by atoms with Gasteiger partial charge in [0, 0.05) is 16.6 Å². The van der Waals surface area contributed by atoms with Gasteiger partial charge in [0.05, 0.1) is 19.3 Å². The Hall–Kier alpha value is -0.810. The maximum atomic E-state index is 11.1. The van der Waals surface area contributed by atoms with E-state index in [2.05, 4.69) is 5.32 Å². The van der Waals surface area contributed by atoms with E-state index >= 15 is 0 Å². The van der Waals surface area contributed by atoms with E-state index < -0.39 is 6.04 Å². The zero-order valence-electron chi connectivity index (χ0n) is 10.1. The zero-order valence-corrected chi connectivity index (χ0v) is 11.6. The van der Waals surface area contributed by atoms with Crippen LogP contribution in [0.2, 0.25) is 10.0 Å². The summed E-state index contributed by atoms with van der Waals surface area (Å²) in [6.07, 6.45) is 0. The highest BCUT2D eigenvalue weighted by atomic mass is 35.5. The van der Waals surface area contributed by atoms with Gasteiger partial charge in [0.25, 0.3) is 0 Å². The lowest BCUT2D eigenvalue weighted by Crippen LogP contribution is -2.39. The predicted molar refractivity (Wildman–Crippen MR) is 72.8 cm³/mol. The number of nitrogens with two attached hydrogens (primary N) is 1. The molecule has 0 heterocycles. The lowest BCUT2D eigenvalue weighted by Gasteiger charge is -2.09. The predicted octanol–water partition coefficient (Wildman–Crippen LogP) is 1.97. The van der Waals surface area contributed by atoms with E-state index in [-0.39, 0.29) is 5.91 Å². The molecule has 0 aliphatic rings. The van der Waals surface area contributed by atoms with Gasteiger partial charge < -0.3 is 15.8 Å². The lowest BCUT2D eigenvalue weighted by atomic mass is 10.2. The number of halogens is 2. The largest absolute Gasteiger partial charge is 0.375 e. The first-order chi connectivity index (χ1) is 8.50. The molecule has 0 aliphatic carbocycles. The van der Waals surface area contributed by atoms with Crippen LogP contribution in [-0.4, -0.2) is 25.1 Å². The van der Waals surface area contributed by atoms with Crippen molar-refractivity contribution in [2.75, 3.05) is 13.2 Å². The third-order valence-corrected chi connectivity index (χ3v) is 2.82. The number of benzene rings is 1. The van der Waals surface area contributed by atoms with Crippen LogP contribution in [0.4, 0.5) is 0 Å². The average Bonchev–Trinajstić information content (AvgIpc) is 2.30. The average molecular weight is 291 g/mol. The number of hydrogen-bond acceptors (Lipinski definition) is 3. The van der Waals surface area contributed by atoms with Gasteiger partial charge in [-0.3, -0.25) is 4.79 Å². The first-order valence-electron chi connectivity index (χ1n) is 5.55. The number of carbonyl (C=O) groups is 1. The molecule has 1 unspecified atom stereocenters. The minimum Gasteiger partial charge on any atom is -0.375 e. The fraction of sp³-hybridized carbons (Fsp3) is 0.417. The van der Waals surface area contributed by atoms with E-state index in [1.165, 1.54) is 0 Å². The molecule has 0 aromatic heterocycles. The Labute approximate surface area is 116 Å².